The van der Waals surface area contributed by atoms with E-state index in [4.69, 9.17) is 14.2 Å². The van der Waals surface area contributed by atoms with Crippen LogP contribution in [0.1, 0.15) is 37.8 Å². The number of carbonyl (C=O) groups excluding carboxylic acids is 2. The van der Waals surface area contributed by atoms with E-state index in [1.807, 2.05) is 78.9 Å². The van der Waals surface area contributed by atoms with Gasteiger partial charge in [0.05, 0.1) is 20.8 Å². The highest BCUT2D eigenvalue weighted by molar-refractivity contribution is 5.88. The van der Waals surface area contributed by atoms with E-state index >= 15 is 0 Å². The molecule has 7 heteroatoms. The molecule has 0 saturated heterocycles. The van der Waals surface area contributed by atoms with Gasteiger partial charge in [-0.25, -0.2) is 0 Å². The van der Waals surface area contributed by atoms with Crippen molar-refractivity contribution < 1.29 is 23.8 Å². The summed E-state index contributed by atoms with van der Waals surface area (Å²) in [6.45, 7) is 5.32. The molecule has 0 heterocycles. The molecule has 0 unspecified atom stereocenters. The van der Waals surface area contributed by atoms with Crippen LogP contribution in [0.25, 0.3) is 0 Å². The van der Waals surface area contributed by atoms with E-state index in [0.717, 1.165) is 16.9 Å². The van der Waals surface area contributed by atoms with E-state index < -0.39 is 6.04 Å². The van der Waals surface area contributed by atoms with Gasteiger partial charge in [-0.1, -0.05) is 56.3 Å². The molecule has 3 rings (SSSR count). The molecule has 0 spiro atoms. The molecule has 0 aliphatic carbocycles. The van der Waals surface area contributed by atoms with Crippen molar-refractivity contribution >= 4 is 11.8 Å². The zero-order valence-electron chi connectivity index (χ0n) is 23.4. The van der Waals surface area contributed by atoms with E-state index in [2.05, 4.69) is 19.2 Å². The fourth-order valence-electron chi connectivity index (χ4n) is 4.17. The number of hydrogen-bond donors (Lipinski definition) is 1. The SMILES string of the molecule is COc1ccc(OCCCC(=O)N(Cc2cccc(OC)c2)[C@@H](Cc2ccccc2)C(=O)NCC(C)C)cc1. The largest absolute Gasteiger partial charge is 0.497 e. The minimum absolute atomic E-state index is 0.100. The average molecular weight is 533 g/mol. The molecule has 3 aromatic rings. The Balaban J connectivity index is 1.78. The third-order valence-electron chi connectivity index (χ3n) is 6.31. The number of nitrogens with zero attached hydrogens (tertiary/aromatic N) is 1. The van der Waals surface area contributed by atoms with Crippen LogP contribution >= 0.6 is 0 Å². The molecule has 1 N–H and O–H groups in total. The molecule has 208 valence electrons. The molecule has 7 nitrogen and oxygen atoms in total. The first kappa shape index (κ1) is 29.6. The first-order chi connectivity index (χ1) is 18.9. The highest BCUT2D eigenvalue weighted by atomic mass is 16.5. The molecule has 0 aliphatic heterocycles. The summed E-state index contributed by atoms with van der Waals surface area (Å²) in [6, 6.07) is 24.1. The summed E-state index contributed by atoms with van der Waals surface area (Å²) in [5.41, 5.74) is 1.89. The van der Waals surface area contributed by atoms with E-state index in [0.29, 0.717) is 50.0 Å². The molecule has 0 fully saturated rings. The van der Waals surface area contributed by atoms with Crippen molar-refractivity contribution in [3.63, 3.8) is 0 Å². The standard InChI is InChI=1S/C32H40N2O5/c1-24(2)22-33-32(36)30(21-25-10-6-5-7-11-25)34(23-26-12-8-13-29(20-26)38-4)31(35)14-9-19-39-28-17-15-27(37-3)16-18-28/h5-8,10-13,15-18,20,24,30H,9,14,19,21-23H2,1-4H3,(H,33,36)/t30-/m0/s1. The van der Waals surface area contributed by atoms with E-state index in [1.165, 1.54) is 0 Å². The molecule has 0 bridgehead atoms. The predicted molar refractivity (Wildman–Crippen MR) is 153 cm³/mol. The highest BCUT2D eigenvalue weighted by Gasteiger charge is 2.30. The van der Waals surface area contributed by atoms with Crippen LogP contribution in [0.2, 0.25) is 0 Å². The van der Waals surface area contributed by atoms with Gasteiger partial charge in [-0.2, -0.15) is 0 Å². The molecule has 3 aromatic carbocycles. The van der Waals surface area contributed by atoms with Crippen LogP contribution in [0, 0.1) is 5.92 Å². The van der Waals surface area contributed by atoms with Crippen molar-refractivity contribution in [3.05, 3.63) is 90.0 Å². The zero-order chi connectivity index (χ0) is 28.0. The first-order valence-corrected chi connectivity index (χ1v) is 13.4. The van der Waals surface area contributed by atoms with Crippen molar-refractivity contribution in [2.45, 2.75) is 45.7 Å². The van der Waals surface area contributed by atoms with Gasteiger partial charge in [0.1, 0.15) is 23.3 Å². The van der Waals surface area contributed by atoms with Gasteiger partial charge in [-0.15, -0.1) is 0 Å². The molecule has 0 radical (unpaired) electrons. The van der Waals surface area contributed by atoms with Crippen molar-refractivity contribution in [3.8, 4) is 17.2 Å². The topological polar surface area (TPSA) is 77.1 Å². The lowest BCUT2D eigenvalue weighted by atomic mass is 10.0. The normalized spacial score (nSPS) is 11.5. The summed E-state index contributed by atoms with van der Waals surface area (Å²) in [4.78, 5) is 28.9. The Morgan fingerprint density at radius 1 is 0.821 bits per heavy atom. The Bertz CT molecular complexity index is 1160. The van der Waals surface area contributed by atoms with Crippen molar-refractivity contribution in [2.24, 2.45) is 5.92 Å². The second kappa shape index (κ2) is 15.4. The van der Waals surface area contributed by atoms with Crippen LogP contribution in [-0.4, -0.2) is 50.1 Å². The lowest BCUT2D eigenvalue weighted by Gasteiger charge is -2.32. The molecular formula is C32H40N2O5. The maximum Gasteiger partial charge on any atom is 0.243 e. The third-order valence-corrected chi connectivity index (χ3v) is 6.31. The predicted octanol–water partition coefficient (Wildman–Crippen LogP) is 5.28. The van der Waals surface area contributed by atoms with Gasteiger partial charge in [0.15, 0.2) is 0 Å². The zero-order valence-corrected chi connectivity index (χ0v) is 23.4. The Kier molecular flexibility index (Phi) is 11.7. The van der Waals surface area contributed by atoms with E-state index in [-0.39, 0.29) is 18.2 Å². The molecule has 39 heavy (non-hydrogen) atoms. The number of benzene rings is 3. The van der Waals surface area contributed by atoms with Gasteiger partial charge in [0.2, 0.25) is 11.8 Å². The molecule has 1 atom stereocenters. The smallest absolute Gasteiger partial charge is 0.243 e. The van der Waals surface area contributed by atoms with Gasteiger partial charge in [-0.3, -0.25) is 9.59 Å². The Morgan fingerprint density at radius 3 is 2.15 bits per heavy atom. The number of amides is 2. The molecule has 0 aliphatic rings. The molecule has 0 saturated carbocycles. The number of ether oxygens (including phenoxy) is 3. The summed E-state index contributed by atoms with van der Waals surface area (Å²) >= 11 is 0. The third kappa shape index (κ3) is 9.67. The van der Waals surface area contributed by atoms with Gasteiger partial charge >= 0.3 is 0 Å². The van der Waals surface area contributed by atoms with Gasteiger partial charge in [0, 0.05) is 25.9 Å². The summed E-state index contributed by atoms with van der Waals surface area (Å²) < 4.78 is 16.4. The van der Waals surface area contributed by atoms with Crippen molar-refractivity contribution in [2.75, 3.05) is 27.4 Å². The van der Waals surface area contributed by atoms with Crippen LogP contribution in [0.15, 0.2) is 78.9 Å². The highest BCUT2D eigenvalue weighted by Crippen LogP contribution is 2.20. The lowest BCUT2D eigenvalue weighted by molar-refractivity contribution is -0.141. The van der Waals surface area contributed by atoms with Crippen molar-refractivity contribution in [1.29, 1.82) is 0 Å². The van der Waals surface area contributed by atoms with Crippen LogP contribution in [0.5, 0.6) is 17.2 Å². The monoisotopic (exact) mass is 532 g/mol. The van der Waals surface area contributed by atoms with Crippen LogP contribution < -0.4 is 19.5 Å². The first-order valence-electron chi connectivity index (χ1n) is 13.4. The maximum absolute atomic E-state index is 13.7. The Labute approximate surface area is 232 Å². The van der Waals surface area contributed by atoms with E-state index in [1.54, 1.807) is 19.1 Å². The Morgan fingerprint density at radius 2 is 1.49 bits per heavy atom. The van der Waals surface area contributed by atoms with Crippen LogP contribution in [-0.2, 0) is 22.6 Å². The fourth-order valence-corrected chi connectivity index (χ4v) is 4.17. The van der Waals surface area contributed by atoms with Crippen molar-refractivity contribution in [1.82, 2.24) is 10.2 Å². The van der Waals surface area contributed by atoms with Gasteiger partial charge < -0.3 is 24.4 Å². The van der Waals surface area contributed by atoms with Crippen LogP contribution in [0.3, 0.4) is 0 Å². The second-order valence-corrected chi connectivity index (χ2v) is 9.85. The van der Waals surface area contributed by atoms with E-state index in [9.17, 15) is 9.59 Å². The van der Waals surface area contributed by atoms with Gasteiger partial charge in [0.25, 0.3) is 0 Å². The molecule has 0 aromatic heterocycles. The maximum atomic E-state index is 13.7. The fraction of sp³-hybridized carbons (Fsp3) is 0.375. The minimum Gasteiger partial charge on any atom is -0.497 e. The summed E-state index contributed by atoms with van der Waals surface area (Å²) in [7, 11) is 3.23. The minimum atomic E-state index is -0.660. The molecule has 2 amide bonds. The summed E-state index contributed by atoms with van der Waals surface area (Å²) in [5, 5.41) is 3.05. The molecular weight excluding hydrogens is 492 g/mol. The number of nitrogens with one attached hydrogen (secondary N) is 1. The number of hydrogen-bond acceptors (Lipinski definition) is 5. The number of rotatable bonds is 15. The van der Waals surface area contributed by atoms with Gasteiger partial charge in [-0.05, 0) is 59.9 Å². The van der Waals surface area contributed by atoms with Crippen LogP contribution in [0.4, 0.5) is 0 Å². The average Bonchev–Trinajstić information content (AvgIpc) is 2.96. The number of methoxy groups -OCH3 is 2. The summed E-state index contributed by atoms with van der Waals surface area (Å²) in [6.07, 6.45) is 1.19. The summed E-state index contributed by atoms with van der Waals surface area (Å²) in [5.74, 6) is 2.22. The second-order valence-electron chi connectivity index (χ2n) is 9.85. The quantitative estimate of drug-likeness (QED) is 0.270. The Hall–Kier alpha value is -4.00. The lowest BCUT2D eigenvalue weighted by Crippen LogP contribution is -2.51. The number of carbonyl (C=O) groups is 2.